The van der Waals surface area contributed by atoms with Crippen molar-refractivity contribution in [2.45, 2.75) is 40.2 Å². The molecule has 1 rings (SSSR count). The van der Waals surface area contributed by atoms with E-state index in [-0.39, 0.29) is 0 Å². The van der Waals surface area contributed by atoms with E-state index < -0.39 is 0 Å². The molecule has 1 unspecified atom stereocenters. The lowest BCUT2D eigenvalue weighted by Gasteiger charge is -2.14. The summed E-state index contributed by atoms with van der Waals surface area (Å²) in [5, 5.41) is 1.08. The molecule has 80 valence electrons. The fourth-order valence-electron chi connectivity index (χ4n) is 1.63. The van der Waals surface area contributed by atoms with Crippen molar-refractivity contribution in [2.75, 3.05) is 5.33 Å². The molecule has 0 bridgehead atoms. The van der Waals surface area contributed by atoms with Gasteiger partial charge in [-0.25, -0.2) is 4.98 Å². The zero-order chi connectivity index (χ0) is 10.6. The molecule has 1 aromatic heterocycles. The molecule has 2 nitrogen and oxygen atoms in total. The van der Waals surface area contributed by atoms with Gasteiger partial charge in [-0.05, 0) is 26.2 Å². The molecule has 0 spiro atoms. The van der Waals surface area contributed by atoms with Gasteiger partial charge in [0.15, 0.2) is 0 Å². The lowest BCUT2D eigenvalue weighted by Crippen LogP contribution is -2.12. The molecule has 14 heavy (non-hydrogen) atoms. The molecule has 0 saturated heterocycles. The number of aryl methyl sites for hydroxylation is 1. The summed E-state index contributed by atoms with van der Waals surface area (Å²) in [6.07, 6.45) is 4.49. The predicted molar refractivity (Wildman–Crippen MR) is 63.9 cm³/mol. The van der Waals surface area contributed by atoms with Gasteiger partial charge >= 0.3 is 0 Å². The first-order valence-corrected chi connectivity index (χ1v) is 6.35. The Balaban J connectivity index is 2.62. The molecule has 0 radical (unpaired) electrons. The minimum atomic E-state index is 0.729. The van der Waals surface area contributed by atoms with E-state index in [2.05, 4.69) is 46.3 Å². The molecule has 0 aliphatic carbocycles. The number of halogens is 1. The topological polar surface area (TPSA) is 17.8 Å². The quantitative estimate of drug-likeness (QED) is 0.742. The van der Waals surface area contributed by atoms with Gasteiger partial charge in [-0.15, -0.1) is 0 Å². The summed E-state index contributed by atoms with van der Waals surface area (Å²) < 4.78 is 2.26. The van der Waals surface area contributed by atoms with Crippen LogP contribution >= 0.6 is 15.9 Å². The van der Waals surface area contributed by atoms with Gasteiger partial charge < -0.3 is 4.57 Å². The Hall–Kier alpha value is -0.310. The Bertz CT molecular complexity index is 281. The lowest BCUT2D eigenvalue weighted by atomic mass is 10.1. The fraction of sp³-hybridized carbons (Fsp3) is 0.727. The van der Waals surface area contributed by atoms with Gasteiger partial charge in [0.1, 0.15) is 0 Å². The van der Waals surface area contributed by atoms with Crippen LogP contribution in [0.1, 0.15) is 31.2 Å². The number of imidazole rings is 1. The number of aromatic nitrogens is 2. The van der Waals surface area contributed by atoms with Gasteiger partial charge in [0.25, 0.3) is 0 Å². The van der Waals surface area contributed by atoms with E-state index in [0.29, 0.717) is 0 Å². The van der Waals surface area contributed by atoms with E-state index in [9.17, 15) is 0 Å². The molecule has 0 aromatic carbocycles. The van der Waals surface area contributed by atoms with Crippen LogP contribution in [0.2, 0.25) is 0 Å². The summed E-state index contributed by atoms with van der Waals surface area (Å²) in [7, 11) is 0. The maximum atomic E-state index is 4.31. The molecule has 0 aliphatic rings. The molecule has 1 heterocycles. The van der Waals surface area contributed by atoms with E-state index >= 15 is 0 Å². The zero-order valence-electron chi connectivity index (χ0n) is 9.26. The lowest BCUT2D eigenvalue weighted by molar-refractivity contribution is 0.450. The van der Waals surface area contributed by atoms with Gasteiger partial charge in [0.2, 0.25) is 0 Å². The van der Waals surface area contributed by atoms with Crippen LogP contribution < -0.4 is 0 Å². The standard InChI is InChI=1S/C11H19BrN2/c1-4-5-11(6-12)7-14-8-13-9(2)10(14)3/h8,11H,4-7H2,1-3H3. The first kappa shape index (κ1) is 11.8. The summed E-state index contributed by atoms with van der Waals surface area (Å²) in [5.41, 5.74) is 2.45. The summed E-state index contributed by atoms with van der Waals surface area (Å²) >= 11 is 3.57. The van der Waals surface area contributed by atoms with Crippen molar-refractivity contribution in [3.63, 3.8) is 0 Å². The molecular formula is C11H19BrN2. The SMILES string of the molecule is CCCC(CBr)Cn1cnc(C)c1C. The molecule has 0 saturated carbocycles. The van der Waals surface area contributed by atoms with E-state index in [0.717, 1.165) is 23.5 Å². The maximum Gasteiger partial charge on any atom is 0.0951 e. The predicted octanol–water partition coefficient (Wildman–Crippen LogP) is 3.31. The largest absolute Gasteiger partial charge is 0.334 e. The summed E-state index contributed by atoms with van der Waals surface area (Å²) in [5.74, 6) is 0.729. The Kier molecular flexibility index (Phi) is 4.66. The van der Waals surface area contributed by atoms with Crippen molar-refractivity contribution in [2.24, 2.45) is 5.92 Å². The van der Waals surface area contributed by atoms with Crippen LogP contribution in [-0.2, 0) is 6.54 Å². The highest BCUT2D eigenvalue weighted by Crippen LogP contribution is 2.14. The minimum absolute atomic E-state index is 0.729. The first-order valence-electron chi connectivity index (χ1n) is 5.23. The van der Waals surface area contributed by atoms with Gasteiger partial charge in [-0.1, -0.05) is 29.3 Å². The molecule has 0 amide bonds. The zero-order valence-corrected chi connectivity index (χ0v) is 10.8. The van der Waals surface area contributed by atoms with Gasteiger partial charge in [0, 0.05) is 17.6 Å². The summed E-state index contributed by atoms with van der Waals surface area (Å²) in [4.78, 5) is 4.31. The van der Waals surface area contributed by atoms with Gasteiger partial charge in [-0.2, -0.15) is 0 Å². The third kappa shape index (κ3) is 2.84. The molecule has 0 fully saturated rings. The van der Waals surface area contributed by atoms with Crippen molar-refractivity contribution < 1.29 is 0 Å². The van der Waals surface area contributed by atoms with Gasteiger partial charge in [-0.3, -0.25) is 0 Å². The molecule has 0 aliphatic heterocycles. The maximum absolute atomic E-state index is 4.31. The second kappa shape index (κ2) is 5.54. The molecule has 1 atom stereocenters. The van der Waals surface area contributed by atoms with Crippen LogP contribution in [0.25, 0.3) is 0 Å². The van der Waals surface area contributed by atoms with Crippen molar-refractivity contribution in [3.05, 3.63) is 17.7 Å². The van der Waals surface area contributed by atoms with Crippen LogP contribution in [0.5, 0.6) is 0 Å². The number of nitrogens with zero attached hydrogens (tertiary/aromatic N) is 2. The van der Waals surface area contributed by atoms with E-state index in [4.69, 9.17) is 0 Å². The number of rotatable bonds is 5. The van der Waals surface area contributed by atoms with E-state index in [1.165, 1.54) is 18.5 Å². The Morgan fingerprint density at radius 1 is 1.50 bits per heavy atom. The first-order chi connectivity index (χ1) is 6.69. The average molecular weight is 259 g/mol. The molecular weight excluding hydrogens is 240 g/mol. The van der Waals surface area contributed by atoms with Crippen molar-refractivity contribution in [1.29, 1.82) is 0 Å². The molecule has 0 N–H and O–H groups in total. The minimum Gasteiger partial charge on any atom is -0.334 e. The highest BCUT2D eigenvalue weighted by molar-refractivity contribution is 9.09. The third-order valence-electron chi connectivity index (χ3n) is 2.72. The molecule has 1 aromatic rings. The Morgan fingerprint density at radius 2 is 2.21 bits per heavy atom. The van der Waals surface area contributed by atoms with Crippen LogP contribution in [0, 0.1) is 19.8 Å². The second-order valence-corrected chi connectivity index (χ2v) is 4.52. The van der Waals surface area contributed by atoms with E-state index in [1.54, 1.807) is 0 Å². The number of hydrogen-bond donors (Lipinski definition) is 0. The third-order valence-corrected chi connectivity index (χ3v) is 3.63. The van der Waals surface area contributed by atoms with Crippen molar-refractivity contribution >= 4 is 15.9 Å². The van der Waals surface area contributed by atoms with Crippen LogP contribution in [0.15, 0.2) is 6.33 Å². The summed E-state index contributed by atoms with van der Waals surface area (Å²) in [6, 6.07) is 0. The molecule has 3 heteroatoms. The average Bonchev–Trinajstić information content (AvgIpc) is 2.49. The normalized spacial score (nSPS) is 13.1. The number of alkyl halides is 1. The van der Waals surface area contributed by atoms with Crippen LogP contribution in [-0.4, -0.2) is 14.9 Å². The van der Waals surface area contributed by atoms with E-state index in [1.807, 2.05) is 6.33 Å². The van der Waals surface area contributed by atoms with Crippen LogP contribution in [0.3, 0.4) is 0 Å². The highest BCUT2D eigenvalue weighted by atomic mass is 79.9. The van der Waals surface area contributed by atoms with Crippen LogP contribution in [0.4, 0.5) is 0 Å². The van der Waals surface area contributed by atoms with Crippen molar-refractivity contribution in [1.82, 2.24) is 9.55 Å². The Labute approximate surface area is 94.9 Å². The smallest absolute Gasteiger partial charge is 0.0951 e. The highest BCUT2D eigenvalue weighted by Gasteiger charge is 2.09. The summed E-state index contributed by atoms with van der Waals surface area (Å²) in [6.45, 7) is 7.53. The van der Waals surface area contributed by atoms with Crippen molar-refractivity contribution in [3.8, 4) is 0 Å². The monoisotopic (exact) mass is 258 g/mol. The second-order valence-electron chi connectivity index (χ2n) is 3.88. The Morgan fingerprint density at radius 3 is 2.64 bits per heavy atom. The van der Waals surface area contributed by atoms with Gasteiger partial charge in [0.05, 0.1) is 12.0 Å². The number of hydrogen-bond acceptors (Lipinski definition) is 1. The fourth-order valence-corrected chi connectivity index (χ4v) is 2.16.